The van der Waals surface area contributed by atoms with E-state index >= 15 is 0 Å². The van der Waals surface area contributed by atoms with Gasteiger partial charge in [0, 0.05) is 31.4 Å². The molecule has 3 N–H and O–H groups in total. The lowest BCUT2D eigenvalue weighted by atomic mass is 10.0. The van der Waals surface area contributed by atoms with Gasteiger partial charge in [-0.15, -0.1) is 0 Å². The van der Waals surface area contributed by atoms with E-state index in [1.54, 1.807) is 6.34 Å². The highest BCUT2D eigenvalue weighted by Crippen LogP contribution is 2.17. The Morgan fingerprint density at radius 1 is 0.759 bits per heavy atom. The Morgan fingerprint density at radius 2 is 1.28 bits per heavy atom. The van der Waals surface area contributed by atoms with Gasteiger partial charge in [-0.2, -0.15) is 10.2 Å². The molecule has 0 saturated carbocycles. The van der Waals surface area contributed by atoms with Crippen LogP contribution in [0.15, 0.2) is 63.7 Å². The van der Waals surface area contributed by atoms with E-state index in [-0.39, 0.29) is 11.8 Å². The largest absolute Gasteiger partial charge is 0.346 e. The predicted octanol–water partition coefficient (Wildman–Crippen LogP) is 2.69. The second-order valence-corrected chi connectivity index (χ2v) is 6.71. The van der Waals surface area contributed by atoms with Crippen LogP contribution in [0.1, 0.15) is 36.8 Å². The molecule has 2 aliphatic rings. The molecule has 8 heteroatoms. The fourth-order valence-corrected chi connectivity index (χ4v) is 3.04. The number of anilines is 1. The number of hydrogen-bond donors (Lipinski definition) is 3. The van der Waals surface area contributed by atoms with Gasteiger partial charge >= 0.3 is 0 Å². The molecule has 2 aliphatic heterocycles. The van der Waals surface area contributed by atoms with E-state index in [1.165, 1.54) is 0 Å². The third-order valence-electron chi connectivity index (χ3n) is 4.67. The molecule has 0 spiro atoms. The molecule has 0 aromatic heterocycles. The van der Waals surface area contributed by atoms with Gasteiger partial charge in [0.1, 0.15) is 0 Å². The van der Waals surface area contributed by atoms with Crippen LogP contribution in [0, 0.1) is 0 Å². The predicted molar refractivity (Wildman–Crippen MR) is 112 cm³/mol. The fraction of sp³-hybridized carbons (Fsp3) is 0.190. The summed E-state index contributed by atoms with van der Waals surface area (Å²) in [4.78, 5) is 26.8. The van der Waals surface area contributed by atoms with Gasteiger partial charge in [-0.3, -0.25) is 9.59 Å². The average molecular weight is 388 g/mol. The van der Waals surface area contributed by atoms with Crippen LogP contribution in [0.2, 0.25) is 0 Å². The molecule has 2 aromatic carbocycles. The van der Waals surface area contributed by atoms with Gasteiger partial charge in [-0.25, -0.2) is 15.8 Å². The van der Waals surface area contributed by atoms with Crippen molar-refractivity contribution in [2.24, 2.45) is 15.2 Å². The normalized spacial score (nSPS) is 16.7. The molecule has 0 atom stereocenters. The van der Waals surface area contributed by atoms with Gasteiger partial charge in [0.05, 0.1) is 23.4 Å². The van der Waals surface area contributed by atoms with Crippen LogP contribution in [0.4, 0.5) is 11.4 Å². The Bertz CT molecular complexity index is 1010. The molecule has 0 fully saturated rings. The number of rotatable bonds is 5. The smallest absolute Gasteiger partial charge is 0.240 e. The molecule has 146 valence electrons. The van der Waals surface area contributed by atoms with E-state index in [4.69, 9.17) is 0 Å². The summed E-state index contributed by atoms with van der Waals surface area (Å²) in [5.41, 5.74) is 10.5. The number of nitrogens with one attached hydrogen (secondary N) is 3. The molecule has 2 aromatic rings. The van der Waals surface area contributed by atoms with Crippen LogP contribution >= 0.6 is 0 Å². The third kappa shape index (κ3) is 4.73. The zero-order chi connectivity index (χ0) is 20.1. The molecule has 2 amide bonds. The van der Waals surface area contributed by atoms with Crippen molar-refractivity contribution >= 4 is 41.0 Å². The number of carbonyl (C=O) groups excluding carboxylic acids is 2. The molecular formula is C21H20N6O2. The Hall–Kier alpha value is -3.81. The second-order valence-electron chi connectivity index (χ2n) is 6.71. The van der Waals surface area contributed by atoms with Crippen molar-refractivity contribution in [3.05, 3.63) is 59.7 Å². The Kier molecular flexibility index (Phi) is 5.42. The summed E-state index contributed by atoms with van der Waals surface area (Å²) in [5.74, 6) is -0.0950. The highest BCUT2D eigenvalue weighted by atomic mass is 16.2. The molecule has 0 radical (unpaired) electrons. The summed E-state index contributed by atoms with van der Waals surface area (Å²) in [7, 11) is 0. The number of amides is 2. The summed E-state index contributed by atoms with van der Waals surface area (Å²) in [6.45, 7) is 0. The minimum absolute atomic E-state index is 0.0465. The van der Waals surface area contributed by atoms with Crippen LogP contribution < -0.4 is 16.2 Å². The van der Waals surface area contributed by atoms with Gasteiger partial charge in [-0.05, 0) is 35.4 Å². The third-order valence-corrected chi connectivity index (χ3v) is 4.67. The maximum absolute atomic E-state index is 11.2. The van der Waals surface area contributed by atoms with E-state index < -0.39 is 0 Å². The Balaban J connectivity index is 1.34. The summed E-state index contributed by atoms with van der Waals surface area (Å²) in [6.07, 6.45) is 3.86. The van der Waals surface area contributed by atoms with Crippen LogP contribution in [0.25, 0.3) is 0 Å². The van der Waals surface area contributed by atoms with Crippen molar-refractivity contribution in [2.45, 2.75) is 25.7 Å². The van der Waals surface area contributed by atoms with E-state index in [2.05, 4.69) is 31.4 Å². The molecule has 0 bridgehead atoms. The van der Waals surface area contributed by atoms with Crippen LogP contribution in [-0.2, 0) is 9.59 Å². The number of carbonyl (C=O) groups is 2. The zero-order valence-corrected chi connectivity index (χ0v) is 15.7. The van der Waals surface area contributed by atoms with E-state index in [9.17, 15) is 9.59 Å². The number of benzene rings is 2. The van der Waals surface area contributed by atoms with Gasteiger partial charge in [0.15, 0.2) is 0 Å². The van der Waals surface area contributed by atoms with Gasteiger partial charge in [-0.1, -0.05) is 24.3 Å². The van der Waals surface area contributed by atoms with Crippen molar-refractivity contribution in [1.29, 1.82) is 0 Å². The SMILES string of the molecule is O=C1CCC(c2ccc(N=CNc3ccc(C4=NNC(=O)CC4)cc3)cc2)=NN1. The van der Waals surface area contributed by atoms with Crippen molar-refractivity contribution in [3.63, 3.8) is 0 Å². The van der Waals surface area contributed by atoms with E-state index in [0.29, 0.717) is 25.7 Å². The van der Waals surface area contributed by atoms with Gasteiger partial charge in [0.2, 0.25) is 11.8 Å². The lowest BCUT2D eigenvalue weighted by Crippen LogP contribution is -2.25. The number of hydrazone groups is 2. The van der Waals surface area contributed by atoms with Crippen LogP contribution in [0.5, 0.6) is 0 Å². The number of nitrogens with zero attached hydrogens (tertiary/aromatic N) is 3. The fourth-order valence-electron chi connectivity index (χ4n) is 3.04. The van der Waals surface area contributed by atoms with Crippen molar-refractivity contribution < 1.29 is 9.59 Å². The standard InChI is InChI=1S/C21H20N6O2/c28-20-11-9-18(24-26-20)14-1-5-16(6-2-14)22-13-23-17-7-3-15(4-8-17)19-10-12-21(29)27-25-19/h1-8,13H,9-12H2,(H,22,23)(H,26,28)(H,27,29). The lowest BCUT2D eigenvalue weighted by Gasteiger charge is -2.12. The Morgan fingerprint density at radius 3 is 1.76 bits per heavy atom. The van der Waals surface area contributed by atoms with Crippen molar-refractivity contribution in [1.82, 2.24) is 10.9 Å². The second kappa shape index (κ2) is 8.47. The van der Waals surface area contributed by atoms with Gasteiger partial charge < -0.3 is 5.32 Å². The lowest BCUT2D eigenvalue weighted by molar-refractivity contribution is -0.122. The number of hydrogen-bond acceptors (Lipinski definition) is 5. The highest BCUT2D eigenvalue weighted by Gasteiger charge is 2.13. The van der Waals surface area contributed by atoms with Gasteiger partial charge in [0.25, 0.3) is 0 Å². The van der Waals surface area contributed by atoms with E-state index in [0.717, 1.165) is 33.9 Å². The molecular weight excluding hydrogens is 368 g/mol. The summed E-state index contributed by atoms with van der Waals surface area (Å²) < 4.78 is 0. The first-order chi connectivity index (χ1) is 14.2. The summed E-state index contributed by atoms with van der Waals surface area (Å²) >= 11 is 0. The number of aliphatic imine (C=N–C) groups is 1. The van der Waals surface area contributed by atoms with Crippen LogP contribution in [-0.4, -0.2) is 29.6 Å². The molecule has 29 heavy (non-hydrogen) atoms. The minimum Gasteiger partial charge on any atom is -0.346 e. The van der Waals surface area contributed by atoms with Crippen molar-refractivity contribution in [3.8, 4) is 0 Å². The monoisotopic (exact) mass is 388 g/mol. The summed E-state index contributed by atoms with van der Waals surface area (Å²) in [5, 5.41) is 11.3. The first-order valence-corrected chi connectivity index (χ1v) is 9.38. The van der Waals surface area contributed by atoms with Crippen molar-refractivity contribution in [2.75, 3.05) is 5.32 Å². The first kappa shape index (κ1) is 18.5. The average Bonchev–Trinajstić information content (AvgIpc) is 2.76. The zero-order valence-electron chi connectivity index (χ0n) is 15.7. The van der Waals surface area contributed by atoms with E-state index in [1.807, 2.05) is 48.5 Å². The molecule has 0 aliphatic carbocycles. The molecule has 8 nitrogen and oxygen atoms in total. The highest BCUT2D eigenvalue weighted by molar-refractivity contribution is 6.05. The molecule has 4 rings (SSSR count). The quantitative estimate of drug-likeness (QED) is 0.541. The maximum Gasteiger partial charge on any atom is 0.240 e. The topological polar surface area (TPSA) is 107 Å². The maximum atomic E-state index is 11.2. The molecule has 0 saturated heterocycles. The molecule has 2 heterocycles. The first-order valence-electron chi connectivity index (χ1n) is 9.38. The minimum atomic E-state index is -0.0485. The Labute approximate surface area is 167 Å². The summed E-state index contributed by atoms with van der Waals surface area (Å²) in [6, 6.07) is 15.5. The molecule has 0 unspecified atom stereocenters. The van der Waals surface area contributed by atoms with Crippen LogP contribution in [0.3, 0.4) is 0 Å².